The fraction of sp³-hybridized carbons (Fsp3) is 0.333. The predicted molar refractivity (Wildman–Crippen MR) is 124 cm³/mol. The molecule has 0 radical (unpaired) electrons. The third kappa shape index (κ3) is 5.70. The molecule has 2 heterocycles. The fourth-order valence-corrected chi connectivity index (χ4v) is 3.17. The molecule has 0 saturated heterocycles. The van der Waals surface area contributed by atoms with Crippen molar-refractivity contribution >= 4 is 11.4 Å². The first-order valence-corrected chi connectivity index (χ1v) is 10.3. The van der Waals surface area contributed by atoms with Gasteiger partial charge in [-0.15, -0.1) is 0 Å². The van der Waals surface area contributed by atoms with E-state index in [1.54, 1.807) is 17.8 Å². The number of nitrogens with zero attached hydrogens (tertiary/aromatic N) is 3. The molecule has 1 atom stereocenters. The molecule has 0 bridgehead atoms. The zero-order chi connectivity index (χ0) is 22.1. The van der Waals surface area contributed by atoms with Crippen molar-refractivity contribution in [2.75, 3.05) is 6.61 Å². The lowest BCUT2D eigenvalue weighted by atomic mass is 10.1. The van der Waals surface area contributed by atoms with E-state index in [0.717, 1.165) is 11.1 Å². The predicted octanol–water partition coefficient (Wildman–Crippen LogP) is 4.17. The number of hydrogen-bond acceptors (Lipinski definition) is 5. The van der Waals surface area contributed by atoms with Gasteiger partial charge in [-0.3, -0.25) is 9.67 Å². The van der Waals surface area contributed by atoms with Crippen LogP contribution in [-0.4, -0.2) is 38.5 Å². The highest BCUT2D eigenvalue weighted by Gasteiger charge is 2.23. The standard InChI is InChI=1S/C22H26N4O2.C2H6/c1-15-9-8-10-17(14-27)13-16(2)24-22(23-15)20-21(28)19(25-26(20)3)18-11-6-4-5-7-12-18;1-2/h4-9,11,13,15,27-28H,2,10,12,14H2,1,3H3,(H,23,24);1-2H3/b9-8-,17-13+;. The third-order valence-electron chi connectivity index (χ3n) is 4.53. The summed E-state index contributed by atoms with van der Waals surface area (Å²) in [5, 5.41) is 28.2. The maximum absolute atomic E-state index is 11.0. The van der Waals surface area contributed by atoms with Crippen molar-refractivity contribution in [2.45, 2.75) is 39.7 Å². The maximum Gasteiger partial charge on any atom is 0.172 e. The molecule has 0 aromatic carbocycles. The monoisotopic (exact) mass is 408 g/mol. The molecule has 3 rings (SSSR count). The molecular weight excluding hydrogens is 376 g/mol. The van der Waals surface area contributed by atoms with Gasteiger partial charge < -0.3 is 15.5 Å². The second-order valence-corrected chi connectivity index (χ2v) is 6.84. The number of aryl methyl sites for hydroxylation is 1. The molecule has 6 nitrogen and oxygen atoms in total. The summed E-state index contributed by atoms with van der Waals surface area (Å²) in [6, 6.07) is -0.117. The van der Waals surface area contributed by atoms with Crippen molar-refractivity contribution in [3.8, 4) is 5.75 Å². The van der Waals surface area contributed by atoms with Gasteiger partial charge in [-0.2, -0.15) is 5.10 Å². The Morgan fingerprint density at radius 2 is 1.97 bits per heavy atom. The van der Waals surface area contributed by atoms with Crippen molar-refractivity contribution in [1.82, 2.24) is 15.1 Å². The topological polar surface area (TPSA) is 82.7 Å². The van der Waals surface area contributed by atoms with E-state index in [9.17, 15) is 10.2 Å². The molecule has 6 heteroatoms. The van der Waals surface area contributed by atoms with E-state index in [2.05, 4.69) is 17.0 Å². The fourth-order valence-electron chi connectivity index (χ4n) is 3.17. The minimum Gasteiger partial charge on any atom is -0.504 e. The van der Waals surface area contributed by atoms with Crippen LogP contribution in [0.3, 0.4) is 0 Å². The van der Waals surface area contributed by atoms with E-state index in [1.807, 2.05) is 63.3 Å². The first-order chi connectivity index (χ1) is 14.5. The van der Waals surface area contributed by atoms with Gasteiger partial charge in [0.1, 0.15) is 11.4 Å². The lowest BCUT2D eigenvalue weighted by Gasteiger charge is -2.15. The Balaban J connectivity index is 0.00000155. The minimum atomic E-state index is -0.117. The molecule has 1 aliphatic carbocycles. The summed E-state index contributed by atoms with van der Waals surface area (Å²) in [6.45, 7) is 9.93. The summed E-state index contributed by atoms with van der Waals surface area (Å²) in [5.41, 5.74) is 3.40. The number of allylic oxidation sites excluding steroid dienone is 8. The van der Waals surface area contributed by atoms with E-state index in [0.29, 0.717) is 35.8 Å². The average molecular weight is 409 g/mol. The molecule has 0 fully saturated rings. The van der Waals surface area contributed by atoms with E-state index in [4.69, 9.17) is 4.99 Å². The van der Waals surface area contributed by atoms with Crippen molar-refractivity contribution in [2.24, 2.45) is 12.0 Å². The highest BCUT2D eigenvalue weighted by molar-refractivity contribution is 6.02. The summed E-state index contributed by atoms with van der Waals surface area (Å²) < 4.78 is 1.63. The molecule has 0 spiro atoms. The Kier molecular flexibility index (Phi) is 8.62. The molecule has 1 unspecified atom stereocenters. The molecule has 2 aliphatic rings. The van der Waals surface area contributed by atoms with Gasteiger partial charge in [-0.25, -0.2) is 0 Å². The molecule has 0 amide bonds. The number of aliphatic hydroxyl groups excluding tert-OH is 1. The van der Waals surface area contributed by atoms with Gasteiger partial charge in [0.25, 0.3) is 0 Å². The SMILES string of the molecule is C=C1/C=C(/CO)C/C=C\C(C)N=C(c2c(O)c(C3=CC=CC=CC3)nn2C)N1.CC. The van der Waals surface area contributed by atoms with E-state index in [-0.39, 0.29) is 18.4 Å². The lowest BCUT2D eigenvalue weighted by molar-refractivity contribution is 0.329. The third-order valence-corrected chi connectivity index (χ3v) is 4.53. The second-order valence-electron chi connectivity index (χ2n) is 6.84. The molecule has 3 N–H and O–H groups in total. The second kappa shape index (κ2) is 11.2. The van der Waals surface area contributed by atoms with Crippen molar-refractivity contribution < 1.29 is 10.2 Å². The van der Waals surface area contributed by atoms with Gasteiger partial charge in [-0.1, -0.05) is 63.0 Å². The van der Waals surface area contributed by atoms with Crippen LogP contribution >= 0.6 is 0 Å². The zero-order valence-electron chi connectivity index (χ0n) is 18.3. The number of rotatable bonds is 3. The highest BCUT2D eigenvalue weighted by atomic mass is 16.3. The first kappa shape index (κ1) is 23.2. The number of aromatic nitrogens is 2. The summed E-state index contributed by atoms with van der Waals surface area (Å²) in [5.74, 6) is 0.563. The number of nitrogens with one attached hydrogen (secondary N) is 1. The van der Waals surface area contributed by atoms with Crippen molar-refractivity contribution in [3.63, 3.8) is 0 Å². The maximum atomic E-state index is 11.0. The number of amidine groups is 1. The van der Waals surface area contributed by atoms with Crippen LogP contribution in [0.5, 0.6) is 5.75 Å². The number of aliphatic hydroxyl groups is 1. The van der Waals surface area contributed by atoms with Gasteiger partial charge in [0.15, 0.2) is 11.6 Å². The summed E-state index contributed by atoms with van der Waals surface area (Å²) in [6.07, 6.45) is 16.9. The van der Waals surface area contributed by atoms with Crippen LogP contribution in [0.1, 0.15) is 45.0 Å². The molecule has 0 saturated carbocycles. The van der Waals surface area contributed by atoms with Crippen LogP contribution in [0.15, 0.2) is 71.4 Å². The van der Waals surface area contributed by atoms with Gasteiger partial charge in [0, 0.05) is 12.7 Å². The summed E-state index contributed by atoms with van der Waals surface area (Å²) >= 11 is 0. The average Bonchev–Trinajstić information content (AvgIpc) is 2.90. The Bertz CT molecular complexity index is 943. The summed E-state index contributed by atoms with van der Waals surface area (Å²) in [4.78, 5) is 4.71. The van der Waals surface area contributed by atoms with Crippen molar-refractivity contribution in [1.29, 1.82) is 0 Å². The number of hydrogen-bond donors (Lipinski definition) is 3. The minimum absolute atomic E-state index is 0.0395. The van der Waals surface area contributed by atoms with Gasteiger partial charge in [-0.05, 0) is 37.0 Å². The smallest absolute Gasteiger partial charge is 0.172 e. The molecule has 1 aromatic heterocycles. The first-order valence-electron chi connectivity index (χ1n) is 10.3. The number of aliphatic imine (C=N–C) groups is 1. The molecule has 1 aromatic rings. The van der Waals surface area contributed by atoms with E-state index in [1.165, 1.54) is 0 Å². The highest BCUT2D eigenvalue weighted by Crippen LogP contribution is 2.31. The Morgan fingerprint density at radius 3 is 2.70 bits per heavy atom. The zero-order valence-corrected chi connectivity index (χ0v) is 18.3. The molecular formula is C24H32N4O2. The van der Waals surface area contributed by atoms with Gasteiger partial charge >= 0.3 is 0 Å². The molecule has 1 aliphatic heterocycles. The van der Waals surface area contributed by atoms with Crippen LogP contribution < -0.4 is 5.32 Å². The number of aromatic hydroxyl groups is 1. The van der Waals surface area contributed by atoms with Crippen LogP contribution in [0, 0.1) is 0 Å². The molecule has 160 valence electrons. The Labute approximate surface area is 179 Å². The van der Waals surface area contributed by atoms with Gasteiger partial charge in [0.2, 0.25) is 0 Å². The lowest BCUT2D eigenvalue weighted by Crippen LogP contribution is -2.27. The normalized spacial score (nSPS) is 21.8. The largest absolute Gasteiger partial charge is 0.504 e. The quantitative estimate of drug-likeness (QED) is 0.656. The van der Waals surface area contributed by atoms with Crippen LogP contribution in [0.4, 0.5) is 0 Å². The van der Waals surface area contributed by atoms with Crippen LogP contribution in [-0.2, 0) is 7.05 Å². The van der Waals surface area contributed by atoms with Crippen LogP contribution in [0.25, 0.3) is 5.57 Å². The van der Waals surface area contributed by atoms with Crippen molar-refractivity contribution in [3.05, 3.63) is 77.8 Å². The Morgan fingerprint density at radius 1 is 1.20 bits per heavy atom. The van der Waals surface area contributed by atoms with Crippen LogP contribution in [0.2, 0.25) is 0 Å². The molecule has 30 heavy (non-hydrogen) atoms. The van der Waals surface area contributed by atoms with Gasteiger partial charge in [0.05, 0.1) is 12.6 Å². The van der Waals surface area contributed by atoms with E-state index < -0.39 is 0 Å². The Hall–Kier alpha value is -3.12. The summed E-state index contributed by atoms with van der Waals surface area (Å²) in [7, 11) is 1.78. The van der Waals surface area contributed by atoms with E-state index >= 15 is 0 Å².